The molecular weight excluding hydrogens is 336 g/mol. The number of amides is 1. The van der Waals surface area contributed by atoms with Crippen molar-refractivity contribution in [3.63, 3.8) is 0 Å². The quantitative estimate of drug-likeness (QED) is 0.915. The van der Waals surface area contributed by atoms with Crippen molar-refractivity contribution < 1.29 is 4.79 Å². The first kappa shape index (κ1) is 16.6. The molecule has 1 aromatic carbocycles. The molecule has 0 atom stereocenters. The smallest absolute Gasteiger partial charge is 0.257 e. The van der Waals surface area contributed by atoms with E-state index in [1.165, 1.54) is 0 Å². The molecule has 2 fully saturated rings. The third kappa shape index (κ3) is 3.18. The van der Waals surface area contributed by atoms with E-state index in [4.69, 9.17) is 17.3 Å². The van der Waals surface area contributed by atoms with Crippen LogP contribution in [0.5, 0.6) is 0 Å². The number of carbonyl (C=O) groups excluding carboxylic acids is 1. The van der Waals surface area contributed by atoms with Gasteiger partial charge >= 0.3 is 0 Å². The number of hydrogen-bond donors (Lipinski definition) is 1. The highest BCUT2D eigenvalue weighted by atomic mass is 35.5. The topological polar surface area (TPSA) is 64.2 Å². The largest absolute Gasteiger partial charge is 0.338 e. The average molecular weight is 359 g/mol. The van der Waals surface area contributed by atoms with Gasteiger partial charge in [-0.2, -0.15) is 5.10 Å². The summed E-state index contributed by atoms with van der Waals surface area (Å²) in [6, 6.07) is 6.13. The van der Waals surface area contributed by atoms with E-state index in [-0.39, 0.29) is 11.9 Å². The molecule has 132 valence electrons. The van der Waals surface area contributed by atoms with Gasteiger partial charge in [0.2, 0.25) is 0 Å². The molecule has 1 amide bonds. The maximum atomic E-state index is 13.0. The molecule has 0 spiro atoms. The van der Waals surface area contributed by atoms with Crippen LogP contribution in [0.4, 0.5) is 0 Å². The fourth-order valence-corrected chi connectivity index (χ4v) is 3.64. The van der Waals surface area contributed by atoms with Crippen molar-refractivity contribution in [2.45, 2.75) is 44.6 Å². The first-order valence-electron chi connectivity index (χ1n) is 8.94. The van der Waals surface area contributed by atoms with Crippen LogP contribution >= 0.6 is 11.6 Å². The zero-order valence-electron chi connectivity index (χ0n) is 14.4. The summed E-state index contributed by atoms with van der Waals surface area (Å²) in [5.41, 5.74) is 9.67. The van der Waals surface area contributed by atoms with Gasteiger partial charge in [0.05, 0.1) is 23.1 Å². The Morgan fingerprint density at radius 2 is 1.96 bits per heavy atom. The van der Waals surface area contributed by atoms with Crippen molar-refractivity contribution in [2.24, 2.45) is 5.73 Å². The predicted molar refractivity (Wildman–Crippen MR) is 98.4 cm³/mol. The third-order valence-corrected chi connectivity index (χ3v) is 5.63. The Hall–Kier alpha value is -1.85. The van der Waals surface area contributed by atoms with Crippen LogP contribution in [-0.2, 0) is 0 Å². The van der Waals surface area contributed by atoms with E-state index in [0.29, 0.717) is 10.9 Å². The molecule has 1 aliphatic carbocycles. The van der Waals surface area contributed by atoms with Gasteiger partial charge in [0.15, 0.2) is 0 Å². The van der Waals surface area contributed by atoms with Crippen molar-refractivity contribution in [3.05, 3.63) is 46.2 Å². The minimum atomic E-state index is 0.0817. The number of piperidine rings is 1. The molecule has 2 aliphatic rings. The molecule has 25 heavy (non-hydrogen) atoms. The molecule has 2 aromatic rings. The van der Waals surface area contributed by atoms with E-state index in [2.05, 4.69) is 5.10 Å². The summed E-state index contributed by atoms with van der Waals surface area (Å²) in [4.78, 5) is 14.9. The Morgan fingerprint density at radius 3 is 2.60 bits per heavy atom. The Morgan fingerprint density at radius 1 is 1.24 bits per heavy atom. The van der Waals surface area contributed by atoms with E-state index < -0.39 is 0 Å². The lowest BCUT2D eigenvalue weighted by atomic mass is 10.0. The number of aromatic nitrogens is 2. The number of benzene rings is 1. The van der Waals surface area contributed by atoms with Crippen LogP contribution in [0.3, 0.4) is 0 Å². The van der Waals surface area contributed by atoms with E-state index in [1.54, 1.807) is 6.20 Å². The second-order valence-corrected chi connectivity index (χ2v) is 7.60. The number of carbonyl (C=O) groups is 1. The third-order valence-electron chi connectivity index (χ3n) is 5.23. The van der Waals surface area contributed by atoms with Gasteiger partial charge in [-0.3, -0.25) is 4.79 Å². The van der Waals surface area contributed by atoms with Gasteiger partial charge in [0.25, 0.3) is 5.91 Å². The molecule has 5 nitrogen and oxygen atoms in total. The van der Waals surface area contributed by atoms with Crippen LogP contribution in [0.15, 0.2) is 24.4 Å². The molecule has 1 aliphatic heterocycles. The van der Waals surface area contributed by atoms with Crippen molar-refractivity contribution in [1.29, 1.82) is 0 Å². The number of likely N-dealkylation sites (tertiary alicyclic amines) is 1. The van der Waals surface area contributed by atoms with Crippen molar-refractivity contribution in [3.8, 4) is 5.69 Å². The molecule has 2 heterocycles. The van der Waals surface area contributed by atoms with Crippen molar-refractivity contribution in [2.75, 3.05) is 13.1 Å². The number of hydrogen-bond acceptors (Lipinski definition) is 3. The Kier molecular flexibility index (Phi) is 4.29. The Balaban J connectivity index is 1.69. The lowest BCUT2D eigenvalue weighted by Gasteiger charge is -2.30. The number of nitrogens with zero attached hydrogens (tertiary/aromatic N) is 3. The van der Waals surface area contributed by atoms with E-state index in [0.717, 1.165) is 61.3 Å². The van der Waals surface area contributed by atoms with E-state index in [1.807, 2.05) is 34.7 Å². The zero-order chi connectivity index (χ0) is 17.6. The monoisotopic (exact) mass is 358 g/mol. The number of aryl methyl sites for hydroxylation is 1. The van der Waals surface area contributed by atoms with Crippen LogP contribution in [0.1, 0.15) is 53.2 Å². The number of nitrogens with two attached hydrogens (primary N) is 1. The summed E-state index contributed by atoms with van der Waals surface area (Å²) in [7, 11) is 0. The second-order valence-electron chi connectivity index (χ2n) is 7.19. The highest BCUT2D eigenvalue weighted by Gasteiger charge is 2.34. The highest BCUT2D eigenvalue weighted by Crippen LogP contribution is 2.43. The summed E-state index contributed by atoms with van der Waals surface area (Å²) in [5.74, 6) is 0.492. The summed E-state index contributed by atoms with van der Waals surface area (Å²) in [5, 5.41) is 5.25. The summed E-state index contributed by atoms with van der Waals surface area (Å²) in [6.07, 6.45) is 5.67. The van der Waals surface area contributed by atoms with Gasteiger partial charge in [0.1, 0.15) is 0 Å². The molecule has 6 heteroatoms. The van der Waals surface area contributed by atoms with Crippen LogP contribution in [0.2, 0.25) is 5.02 Å². The number of halogens is 1. The van der Waals surface area contributed by atoms with Crippen LogP contribution < -0.4 is 5.73 Å². The fraction of sp³-hybridized carbons (Fsp3) is 0.474. The van der Waals surface area contributed by atoms with Gasteiger partial charge in [0, 0.05) is 30.1 Å². The minimum Gasteiger partial charge on any atom is -0.338 e. The predicted octanol–water partition coefficient (Wildman–Crippen LogP) is 3.27. The van der Waals surface area contributed by atoms with Gasteiger partial charge in [-0.25, -0.2) is 4.68 Å². The molecular formula is C19H23ClN4O. The molecule has 1 saturated carbocycles. The molecule has 1 saturated heterocycles. The van der Waals surface area contributed by atoms with Gasteiger partial charge in [-0.15, -0.1) is 0 Å². The molecule has 0 bridgehead atoms. The normalized spacial score (nSPS) is 18.6. The Bertz CT molecular complexity index is 804. The maximum Gasteiger partial charge on any atom is 0.257 e. The standard InChI is InChI=1S/C19H23ClN4O/c1-12-2-5-15(10-17(12)20)24-18(13-3-4-13)16(11-22-24)19(25)23-8-6-14(21)7-9-23/h2,5,10-11,13-14H,3-4,6-9,21H2,1H3. The lowest BCUT2D eigenvalue weighted by Crippen LogP contribution is -2.43. The lowest BCUT2D eigenvalue weighted by molar-refractivity contribution is 0.0713. The first-order chi connectivity index (χ1) is 12.0. The maximum absolute atomic E-state index is 13.0. The van der Waals surface area contributed by atoms with Crippen LogP contribution in [0, 0.1) is 6.92 Å². The molecule has 1 aromatic heterocycles. The van der Waals surface area contributed by atoms with E-state index >= 15 is 0 Å². The van der Waals surface area contributed by atoms with Gasteiger partial charge in [-0.1, -0.05) is 17.7 Å². The first-order valence-corrected chi connectivity index (χ1v) is 9.31. The molecule has 4 rings (SSSR count). The zero-order valence-corrected chi connectivity index (χ0v) is 15.2. The van der Waals surface area contributed by atoms with E-state index in [9.17, 15) is 4.79 Å². The van der Waals surface area contributed by atoms with Gasteiger partial charge < -0.3 is 10.6 Å². The fourth-order valence-electron chi connectivity index (χ4n) is 3.46. The summed E-state index contributed by atoms with van der Waals surface area (Å²) in [6.45, 7) is 3.43. The van der Waals surface area contributed by atoms with Crippen LogP contribution in [-0.4, -0.2) is 39.7 Å². The van der Waals surface area contributed by atoms with Crippen LogP contribution in [0.25, 0.3) is 5.69 Å². The summed E-state index contributed by atoms with van der Waals surface area (Å²) >= 11 is 6.29. The second kappa shape index (κ2) is 6.46. The summed E-state index contributed by atoms with van der Waals surface area (Å²) < 4.78 is 1.89. The molecule has 0 radical (unpaired) electrons. The van der Waals surface area contributed by atoms with Crippen molar-refractivity contribution >= 4 is 17.5 Å². The molecule has 2 N–H and O–H groups in total. The Labute approximate surface area is 152 Å². The number of rotatable bonds is 3. The molecule has 0 unspecified atom stereocenters. The van der Waals surface area contributed by atoms with Gasteiger partial charge in [-0.05, 0) is 50.3 Å². The average Bonchev–Trinajstić information content (AvgIpc) is 3.35. The SMILES string of the molecule is Cc1ccc(-n2ncc(C(=O)N3CCC(N)CC3)c2C2CC2)cc1Cl. The highest BCUT2D eigenvalue weighted by molar-refractivity contribution is 6.31. The van der Waals surface area contributed by atoms with Crippen molar-refractivity contribution in [1.82, 2.24) is 14.7 Å². The minimum absolute atomic E-state index is 0.0817.